The van der Waals surface area contributed by atoms with Gasteiger partial charge < -0.3 is 10.6 Å². The minimum atomic E-state index is -0.0567. The highest BCUT2D eigenvalue weighted by Crippen LogP contribution is 2.18. The second-order valence-corrected chi connectivity index (χ2v) is 5.96. The molecule has 7 heteroatoms. The average Bonchev–Trinajstić information content (AvgIpc) is 2.98. The Hall–Kier alpha value is -0.950. The van der Waals surface area contributed by atoms with E-state index in [0.29, 0.717) is 18.8 Å². The molecule has 2 aromatic heterocycles. The summed E-state index contributed by atoms with van der Waals surface area (Å²) in [5.41, 5.74) is 7.20. The quantitative estimate of drug-likeness (QED) is 0.943. The van der Waals surface area contributed by atoms with E-state index in [1.165, 1.54) is 21.8 Å². The van der Waals surface area contributed by atoms with Crippen molar-refractivity contribution in [2.75, 3.05) is 7.05 Å². The number of aromatic nitrogens is 1. The molecule has 0 aliphatic rings. The van der Waals surface area contributed by atoms with E-state index in [4.69, 9.17) is 5.73 Å². The number of amides is 1. The van der Waals surface area contributed by atoms with E-state index >= 15 is 0 Å². The summed E-state index contributed by atoms with van der Waals surface area (Å²) >= 11 is 3.09. The first kappa shape index (κ1) is 16.1. The summed E-state index contributed by atoms with van der Waals surface area (Å²) in [4.78, 5) is 19.2. The van der Waals surface area contributed by atoms with Gasteiger partial charge in [0.25, 0.3) is 5.91 Å². The lowest BCUT2D eigenvalue weighted by molar-refractivity contribution is 0.0781. The smallest absolute Gasteiger partial charge is 0.273 e. The second kappa shape index (κ2) is 7.00. The van der Waals surface area contributed by atoms with Gasteiger partial charge in [-0.1, -0.05) is 0 Å². The number of thiazole rings is 1. The number of nitrogens with two attached hydrogens (primary N) is 1. The zero-order chi connectivity index (χ0) is 13.1. The second-order valence-electron chi connectivity index (χ2n) is 4.02. The highest BCUT2D eigenvalue weighted by Gasteiger charge is 2.16. The Morgan fingerprint density at radius 2 is 2.21 bits per heavy atom. The maximum atomic E-state index is 12.1. The molecule has 0 aliphatic heterocycles. The molecule has 0 aromatic carbocycles. The van der Waals surface area contributed by atoms with Crippen LogP contribution in [-0.2, 0) is 13.1 Å². The van der Waals surface area contributed by atoms with Gasteiger partial charge in [-0.25, -0.2) is 4.98 Å². The summed E-state index contributed by atoms with van der Waals surface area (Å²) in [7, 11) is 1.79. The van der Waals surface area contributed by atoms with Crippen LogP contribution in [0.4, 0.5) is 0 Å². The van der Waals surface area contributed by atoms with Crippen molar-refractivity contribution in [3.05, 3.63) is 38.0 Å². The largest absolute Gasteiger partial charge is 0.335 e. The van der Waals surface area contributed by atoms with Crippen molar-refractivity contribution in [2.45, 2.75) is 20.0 Å². The number of halogens is 1. The maximum Gasteiger partial charge on any atom is 0.273 e. The van der Waals surface area contributed by atoms with E-state index < -0.39 is 0 Å². The number of thiophene rings is 1. The van der Waals surface area contributed by atoms with Gasteiger partial charge in [0.2, 0.25) is 0 Å². The first-order valence-corrected chi connectivity index (χ1v) is 7.30. The number of carbonyl (C=O) groups excluding carboxylic acids is 1. The molecule has 0 saturated heterocycles. The number of aryl methyl sites for hydroxylation is 1. The van der Waals surface area contributed by atoms with Gasteiger partial charge in [0, 0.05) is 23.8 Å². The molecule has 4 nitrogen and oxygen atoms in total. The van der Waals surface area contributed by atoms with Crippen molar-refractivity contribution in [2.24, 2.45) is 5.73 Å². The predicted molar refractivity (Wildman–Crippen MR) is 82.1 cm³/mol. The number of carbonyl (C=O) groups is 1. The van der Waals surface area contributed by atoms with Crippen LogP contribution >= 0.6 is 35.1 Å². The topological polar surface area (TPSA) is 59.2 Å². The molecular formula is C12H16ClN3OS2. The Bertz CT molecular complexity index is 553. The summed E-state index contributed by atoms with van der Waals surface area (Å²) in [6.07, 6.45) is 0. The number of hydrogen-bond donors (Lipinski definition) is 1. The van der Waals surface area contributed by atoms with Crippen LogP contribution in [0.25, 0.3) is 0 Å². The number of nitrogens with zero attached hydrogens (tertiary/aromatic N) is 2. The van der Waals surface area contributed by atoms with Crippen LogP contribution in [0.5, 0.6) is 0 Å². The van der Waals surface area contributed by atoms with Gasteiger partial charge in [0.1, 0.15) is 10.7 Å². The Morgan fingerprint density at radius 1 is 1.47 bits per heavy atom. The minimum Gasteiger partial charge on any atom is -0.335 e. The average molecular weight is 318 g/mol. The third kappa shape index (κ3) is 3.76. The zero-order valence-corrected chi connectivity index (χ0v) is 13.2. The Balaban J connectivity index is 0.00000180. The normalized spacial score (nSPS) is 10.1. The van der Waals surface area contributed by atoms with Crippen LogP contribution in [0.15, 0.2) is 16.8 Å². The van der Waals surface area contributed by atoms with Crippen molar-refractivity contribution >= 4 is 41.0 Å². The number of rotatable bonds is 4. The lowest BCUT2D eigenvalue weighted by Gasteiger charge is -2.15. The lowest BCUT2D eigenvalue weighted by Crippen LogP contribution is -2.26. The highest BCUT2D eigenvalue weighted by atomic mass is 35.5. The third-order valence-electron chi connectivity index (χ3n) is 2.64. The van der Waals surface area contributed by atoms with Crippen LogP contribution in [0.2, 0.25) is 0 Å². The van der Waals surface area contributed by atoms with Crippen LogP contribution < -0.4 is 5.73 Å². The molecule has 0 radical (unpaired) electrons. The first-order chi connectivity index (χ1) is 8.61. The predicted octanol–water partition coefficient (Wildman–Crippen LogP) is 2.67. The van der Waals surface area contributed by atoms with Gasteiger partial charge in [-0.15, -0.1) is 35.1 Å². The van der Waals surface area contributed by atoms with Gasteiger partial charge >= 0.3 is 0 Å². The standard InChI is InChI=1S/C12H15N3OS2.ClH/c1-8-3-4-17-10(8)6-15(2)12(16)9-7-18-11(5-13)14-9;/h3-4,7H,5-6,13H2,1-2H3;1H. The van der Waals surface area contributed by atoms with Crippen molar-refractivity contribution in [3.8, 4) is 0 Å². The molecule has 104 valence electrons. The molecule has 0 spiro atoms. The summed E-state index contributed by atoms with van der Waals surface area (Å²) in [5, 5.41) is 4.60. The van der Waals surface area contributed by atoms with E-state index in [1.54, 1.807) is 28.7 Å². The Labute approximate surface area is 126 Å². The fraction of sp³-hybridized carbons (Fsp3) is 0.333. The maximum absolute atomic E-state index is 12.1. The molecule has 2 N–H and O–H groups in total. The van der Waals surface area contributed by atoms with Crippen molar-refractivity contribution in [1.29, 1.82) is 0 Å². The third-order valence-corrected chi connectivity index (χ3v) is 4.52. The zero-order valence-electron chi connectivity index (χ0n) is 10.8. The van der Waals surface area contributed by atoms with Gasteiger partial charge in [-0.3, -0.25) is 4.79 Å². The molecule has 19 heavy (non-hydrogen) atoms. The van der Waals surface area contributed by atoms with E-state index in [9.17, 15) is 4.79 Å². The molecule has 0 aliphatic carbocycles. The summed E-state index contributed by atoms with van der Waals surface area (Å²) < 4.78 is 0. The molecule has 0 saturated carbocycles. The molecule has 0 bridgehead atoms. The summed E-state index contributed by atoms with van der Waals surface area (Å²) in [5.74, 6) is -0.0567. The molecule has 0 fully saturated rings. The van der Waals surface area contributed by atoms with Crippen molar-refractivity contribution < 1.29 is 4.79 Å². The Morgan fingerprint density at radius 3 is 2.74 bits per heavy atom. The summed E-state index contributed by atoms with van der Waals surface area (Å²) in [6.45, 7) is 3.06. The van der Waals surface area contributed by atoms with Gasteiger partial charge in [0.15, 0.2) is 0 Å². The van der Waals surface area contributed by atoms with E-state index in [-0.39, 0.29) is 18.3 Å². The molecule has 0 unspecified atom stereocenters. The van der Waals surface area contributed by atoms with Gasteiger partial charge in [-0.05, 0) is 23.9 Å². The monoisotopic (exact) mass is 317 g/mol. The SMILES string of the molecule is Cc1ccsc1CN(C)C(=O)c1csc(CN)n1.Cl. The highest BCUT2D eigenvalue weighted by molar-refractivity contribution is 7.10. The molecular weight excluding hydrogens is 302 g/mol. The lowest BCUT2D eigenvalue weighted by atomic mass is 10.3. The van der Waals surface area contributed by atoms with Crippen LogP contribution in [0.3, 0.4) is 0 Å². The van der Waals surface area contributed by atoms with E-state index in [2.05, 4.69) is 18.0 Å². The first-order valence-electron chi connectivity index (χ1n) is 5.54. The fourth-order valence-corrected chi connectivity index (χ4v) is 3.16. The molecule has 1 amide bonds. The molecule has 2 rings (SSSR count). The van der Waals surface area contributed by atoms with Crippen LogP contribution in [-0.4, -0.2) is 22.8 Å². The number of hydrogen-bond acceptors (Lipinski definition) is 5. The molecule has 2 heterocycles. The fourth-order valence-electron chi connectivity index (χ4n) is 1.55. The van der Waals surface area contributed by atoms with Gasteiger partial charge in [-0.2, -0.15) is 0 Å². The minimum absolute atomic E-state index is 0. The van der Waals surface area contributed by atoms with Gasteiger partial charge in [0.05, 0.1) is 6.54 Å². The van der Waals surface area contributed by atoms with Crippen LogP contribution in [0, 0.1) is 6.92 Å². The van der Waals surface area contributed by atoms with Crippen LogP contribution in [0.1, 0.15) is 25.9 Å². The van der Waals surface area contributed by atoms with E-state index in [1.807, 2.05) is 5.38 Å². The van der Waals surface area contributed by atoms with Crippen molar-refractivity contribution in [3.63, 3.8) is 0 Å². The Kier molecular flexibility index (Phi) is 5.93. The van der Waals surface area contributed by atoms with E-state index in [0.717, 1.165) is 5.01 Å². The summed E-state index contributed by atoms with van der Waals surface area (Å²) in [6, 6.07) is 2.06. The molecule has 0 atom stereocenters. The van der Waals surface area contributed by atoms with Crippen molar-refractivity contribution in [1.82, 2.24) is 9.88 Å². The molecule has 2 aromatic rings.